The molecule has 7 heteroatoms. The SMILES string of the molecule is CC(c1ccc(O)cc1)(c1ccc(O)cc1)c1ccc(O)cc1.COc1cc(C(c2cc(C)c(O)c(C)c2)c2cc(C)c(O)c(C)c2)ccc1O. The molecule has 0 aliphatic heterocycles. The lowest BCUT2D eigenvalue weighted by molar-refractivity contribution is 0.373. The quantitative estimate of drug-likeness (QED) is 0.0924. The zero-order valence-electron chi connectivity index (χ0n) is 29.6. The molecule has 0 heterocycles. The molecule has 0 aliphatic carbocycles. The molecule has 0 saturated heterocycles. The van der Waals surface area contributed by atoms with Crippen molar-refractivity contribution in [2.75, 3.05) is 7.11 Å². The maximum atomic E-state index is 10.2. The van der Waals surface area contributed by atoms with Crippen LogP contribution < -0.4 is 4.74 Å². The van der Waals surface area contributed by atoms with E-state index >= 15 is 0 Å². The summed E-state index contributed by atoms with van der Waals surface area (Å²) in [6.07, 6.45) is 0. The van der Waals surface area contributed by atoms with Crippen molar-refractivity contribution in [1.29, 1.82) is 0 Å². The van der Waals surface area contributed by atoms with E-state index in [0.717, 1.165) is 55.6 Å². The Morgan fingerprint density at radius 2 is 0.784 bits per heavy atom. The van der Waals surface area contributed by atoms with Crippen molar-refractivity contribution in [3.63, 3.8) is 0 Å². The zero-order chi connectivity index (χ0) is 37.0. The lowest BCUT2D eigenvalue weighted by atomic mass is 9.71. The van der Waals surface area contributed by atoms with Gasteiger partial charge in [0.2, 0.25) is 0 Å². The normalized spacial score (nSPS) is 11.2. The number of rotatable bonds is 7. The second kappa shape index (κ2) is 14.8. The number of hydrogen-bond donors (Lipinski definition) is 6. The van der Waals surface area contributed by atoms with Crippen molar-refractivity contribution in [2.45, 2.75) is 46.0 Å². The van der Waals surface area contributed by atoms with E-state index < -0.39 is 5.41 Å². The van der Waals surface area contributed by atoms with Crippen LogP contribution in [0.3, 0.4) is 0 Å². The van der Waals surface area contributed by atoms with Gasteiger partial charge < -0.3 is 35.4 Å². The van der Waals surface area contributed by atoms with Gasteiger partial charge in [0.05, 0.1) is 7.11 Å². The Labute approximate surface area is 299 Å². The van der Waals surface area contributed by atoms with Gasteiger partial charge in [0.15, 0.2) is 11.5 Å². The summed E-state index contributed by atoms with van der Waals surface area (Å²) in [5, 5.41) is 59.1. The van der Waals surface area contributed by atoms with Gasteiger partial charge >= 0.3 is 0 Å². The van der Waals surface area contributed by atoms with Crippen LogP contribution in [0, 0.1) is 27.7 Å². The zero-order valence-corrected chi connectivity index (χ0v) is 29.6. The number of benzene rings is 6. The monoisotopic (exact) mass is 684 g/mol. The summed E-state index contributed by atoms with van der Waals surface area (Å²) in [5.41, 5.74) is 8.74. The highest BCUT2D eigenvalue weighted by atomic mass is 16.5. The van der Waals surface area contributed by atoms with Gasteiger partial charge in [0.25, 0.3) is 0 Å². The Kier molecular flexibility index (Phi) is 10.5. The molecule has 6 aromatic carbocycles. The van der Waals surface area contributed by atoms with Crippen molar-refractivity contribution < 1.29 is 35.4 Å². The first-order chi connectivity index (χ1) is 24.2. The first-order valence-electron chi connectivity index (χ1n) is 16.6. The fourth-order valence-corrected chi connectivity index (χ4v) is 6.65. The first-order valence-corrected chi connectivity index (χ1v) is 16.6. The van der Waals surface area contributed by atoms with Crippen molar-refractivity contribution in [3.8, 4) is 40.2 Å². The highest BCUT2D eigenvalue weighted by Crippen LogP contribution is 2.42. The molecular weight excluding hydrogens is 640 g/mol. The predicted molar refractivity (Wildman–Crippen MR) is 201 cm³/mol. The lowest BCUT2D eigenvalue weighted by Crippen LogP contribution is -2.25. The van der Waals surface area contributed by atoms with Crippen LogP contribution in [0.5, 0.6) is 40.2 Å². The molecular formula is C44H44O7. The molecule has 0 radical (unpaired) electrons. The summed E-state index contributed by atoms with van der Waals surface area (Å²) in [6.45, 7) is 9.61. The van der Waals surface area contributed by atoms with Crippen molar-refractivity contribution >= 4 is 0 Å². The van der Waals surface area contributed by atoms with Gasteiger partial charge in [-0.25, -0.2) is 0 Å². The number of methoxy groups -OCH3 is 1. The number of hydrogen-bond acceptors (Lipinski definition) is 7. The van der Waals surface area contributed by atoms with E-state index in [9.17, 15) is 30.6 Å². The Morgan fingerprint density at radius 3 is 1.10 bits per heavy atom. The van der Waals surface area contributed by atoms with Crippen LogP contribution in [0.2, 0.25) is 0 Å². The van der Waals surface area contributed by atoms with E-state index in [2.05, 4.69) is 6.92 Å². The van der Waals surface area contributed by atoms with Crippen LogP contribution in [0.25, 0.3) is 0 Å². The second-order valence-electron chi connectivity index (χ2n) is 13.1. The molecule has 0 saturated carbocycles. The van der Waals surface area contributed by atoms with Crippen LogP contribution in [-0.4, -0.2) is 37.7 Å². The van der Waals surface area contributed by atoms with Crippen LogP contribution in [0.15, 0.2) is 115 Å². The van der Waals surface area contributed by atoms with Gasteiger partial charge in [-0.05, 0) is 139 Å². The summed E-state index contributed by atoms with van der Waals surface area (Å²) in [7, 11) is 1.53. The highest BCUT2D eigenvalue weighted by Gasteiger charge is 2.31. The summed E-state index contributed by atoms with van der Waals surface area (Å²) < 4.78 is 5.31. The molecule has 262 valence electrons. The average Bonchev–Trinajstić information content (AvgIpc) is 3.11. The molecule has 0 amide bonds. The number of aryl methyl sites for hydroxylation is 4. The standard InChI is InChI=1S/C24H26O4.C20H18O3/c1-13-8-18(9-14(2)23(13)26)22(17-6-7-20(25)21(12-17)28-5)19-10-15(3)24(27)16(4)11-19;1-20(14-2-8-17(21)9-3-14,15-4-10-18(22)11-5-15)16-6-12-19(23)13-7-16/h6-12,22,25-27H,1-5H3;2-13,21-23H,1H3. The highest BCUT2D eigenvalue weighted by molar-refractivity contribution is 5.56. The largest absolute Gasteiger partial charge is 0.508 e. The van der Waals surface area contributed by atoms with Gasteiger partial charge in [-0.1, -0.05) is 66.7 Å². The molecule has 0 fully saturated rings. The van der Waals surface area contributed by atoms with E-state index in [4.69, 9.17) is 4.74 Å². The maximum absolute atomic E-state index is 10.2. The van der Waals surface area contributed by atoms with E-state index in [-0.39, 0.29) is 28.9 Å². The molecule has 0 bridgehead atoms. The van der Waals surface area contributed by atoms with E-state index in [1.54, 1.807) is 42.5 Å². The number of aromatic hydroxyl groups is 6. The molecule has 0 aliphatic rings. The molecule has 0 spiro atoms. The third-order valence-corrected chi connectivity index (χ3v) is 9.56. The summed E-state index contributed by atoms with van der Waals surface area (Å²) in [5.74, 6) is 1.58. The minimum atomic E-state index is -0.477. The summed E-state index contributed by atoms with van der Waals surface area (Å²) in [4.78, 5) is 0. The minimum Gasteiger partial charge on any atom is -0.508 e. The molecule has 7 nitrogen and oxygen atoms in total. The second-order valence-corrected chi connectivity index (χ2v) is 13.1. The Morgan fingerprint density at radius 1 is 0.451 bits per heavy atom. The molecule has 0 aromatic heterocycles. The third kappa shape index (κ3) is 7.58. The molecule has 6 rings (SSSR count). The topological polar surface area (TPSA) is 131 Å². The van der Waals surface area contributed by atoms with Gasteiger partial charge in [0.1, 0.15) is 28.7 Å². The minimum absolute atomic E-state index is 0.0844. The first kappa shape index (κ1) is 36.2. The van der Waals surface area contributed by atoms with Gasteiger partial charge in [-0.2, -0.15) is 0 Å². The predicted octanol–water partition coefficient (Wildman–Crippen LogP) is 9.38. The van der Waals surface area contributed by atoms with Crippen molar-refractivity contribution in [3.05, 3.63) is 171 Å². The number of ether oxygens (including phenoxy) is 1. The molecule has 0 atom stereocenters. The van der Waals surface area contributed by atoms with Crippen molar-refractivity contribution in [2.24, 2.45) is 0 Å². The lowest BCUT2D eigenvalue weighted by Gasteiger charge is -2.32. The number of phenolic OH excluding ortho intramolecular Hbond substituents is 6. The van der Waals surface area contributed by atoms with Gasteiger partial charge in [-0.3, -0.25) is 0 Å². The van der Waals surface area contributed by atoms with E-state index in [0.29, 0.717) is 17.2 Å². The van der Waals surface area contributed by atoms with Gasteiger partial charge in [-0.15, -0.1) is 0 Å². The Bertz CT molecular complexity index is 1920. The summed E-state index contributed by atoms with van der Waals surface area (Å²) >= 11 is 0. The number of phenols is 6. The molecule has 0 unspecified atom stereocenters. The van der Waals surface area contributed by atoms with Crippen molar-refractivity contribution in [1.82, 2.24) is 0 Å². The maximum Gasteiger partial charge on any atom is 0.160 e. The van der Waals surface area contributed by atoms with Gasteiger partial charge in [0, 0.05) is 11.3 Å². The van der Waals surface area contributed by atoms with Crippen LogP contribution >= 0.6 is 0 Å². The average molecular weight is 685 g/mol. The fourth-order valence-electron chi connectivity index (χ4n) is 6.65. The molecule has 6 aromatic rings. The fraction of sp³-hybridized carbons (Fsp3) is 0.182. The van der Waals surface area contributed by atoms with Crippen LogP contribution in [-0.2, 0) is 5.41 Å². The molecule has 6 N–H and O–H groups in total. The van der Waals surface area contributed by atoms with E-state index in [1.807, 2.05) is 100 Å². The van der Waals surface area contributed by atoms with Crippen LogP contribution in [0.1, 0.15) is 68.5 Å². The summed E-state index contributed by atoms with van der Waals surface area (Å²) in [6, 6.07) is 34.5. The van der Waals surface area contributed by atoms with E-state index in [1.165, 1.54) is 7.11 Å². The molecule has 51 heavy (non-hydrogen) atoms. The third-order valence-electron chi connectivity index (χ3n) is 9.56. The smallest absolute Gasteiger partial charge is 0.160 e. The van der Waals surface area contributed by atoms with Crippen LogP contribution in [0.4, 0.5) is 0 Å². The Balaban J connectivity index is 0.000000201. The Hall–Kier alpha value is -6.08.